The highest BCUT2D eigenvalue weighted by molar-refractivity contribution is 5.24. The lowest BCUT2D eigenvalue weighted by Crippen LogP contribution is -2.13. The summed E-state index contributed by atoms with van der Waals surface area (Å²) in [6.07, 6.45) is 1.36. The smallest absolute Gasteiger partial charge is 0.406 e. The van der Waals surface area contributed by atoms with E-state index in [2.05, 4.69) is 17.9 Å². The molecule has 0 amide bonds. The minimum atomic E-state index is -4.66. The van der Waals surface area contributed by atoms with E-state index in [1.165, 1.54) is 19.1 Å². The van der Waals surface area contributed by atoms with Crippen molar-refractivity contribution in [3.05, 3.63) is 48.8 Å². The standard InChI is InChI=1S/C9H11F3O.C3H6/c1-4-5-6-8(7(2)3)13-9(10,11)12;1-3-2/h4-6H,2H2,1,3H3;3H,1H2,2H3/b5-4-,8-6+;. The highest BCUT2D eigenvalue weighted by atomic mass is 19.4. The predicted molar refractivity (Wildman–Crippen MR) is 60.7 cm³/mol. The number of hydrogen-bond acceptors (Lipinski definition) is 1. The first-order valence-corrected chi connectivity index (χ1v) is 4.60. The molecule has 1 nitrogen and oxygen atoms in total. The normalized spacial score (nSPS) is 11.8. The van der Waals surface area contributed by atoms with E-state index in [-0.39, 0.29) is 11.3 Å². The van der Waals surface area contributed by atoms with Gasteiger partial charge in [-0.2, -0.15) is 0 Å². The molecule has 0 rings (SSSR count). The number of alkyl halides is 3. The zero-order valence-corrected chi connectivity index (χ0v) is 9.77. The first kappa shape index (κ1) is 17.0. The summed E-state index contributed by atoms with van der Waals surface area (Å²) in [7, 11) is 0. The molecule has 0 bridgehead atoms. The van der Waals surface area contributed by atoms with E-state index < -0.39 is 6.36 Å². The van der Waals surface area contributed by atoms with E-state index >= 15 is 0 Å². The fourth-order valence-corrected chi connectivity index (χ4v) is 0.572. The van der Waals surface area contributed by atoms with E-state index in [4.69, 9.17) is 0 Å². The van der Waals surface area contributed by atoms with Gasteiger partial charge in [-0.3, -0.25) is 0 Å². The molecular weight excluding hydrogens is 217 g/mol. The van der Waals surface area contributed by atoms with Crippen LogP contribution in [0.4, 0.5) is 13.2 Å². The van der Waals surface area contributed by atoms with Crippen LogP contribution >= 0.6 is 0 Å². The number of allylic oxidation sites excluding steroid dienone is 5. The summed E-state index contributed by atoms with van der Waals surface area (Å²) >= 11 is 0. The molecule has 0 aromatic rings. The molecular formula is C12H17F3O. The molecule has 0 fully saturated rings. The van der Waals surface area contributed by atoms with Crippen LogP contribution in [-0.2, 0) is 4.74 Å². The third kappa shape index (κ3) is 12.6. The molecule has 0 aromatic carbocycles. The summed E-state index contributed by atoms with van der Waals surface area (Å²) < 4.78 is 39.0. The summed E-state index contributed by atoms with van der Waals surface area (Å²) in [5.41, 5.74) is 0.232. The van der Waals surface area contributed by atoms with Crippen molar-refractivity contribution in [3.63, 3.8) is 0 Å². The maximum Gasteiger partial charge on any atom is 0.573 e. The predicted octanol–water partition coefficient (Wildman–Crippen LogP) is 4.75. The fraction of sp³-hybridized carbons (Fsp3) is 0.333. The van der Waals surface area contributed by atoms with Crippen LogP contribution in [0.5, 0.6) is 0 Å². The van der Waals surface area contributed by atoms with Crippen molar-refractivity contribution in [2.45, 2.75) is 27.1 Å². The van der Waals surface area contributed by atoms with Crippen molar-refractivity contribution in [2.75, 3.05) is 0 Å². The van der Waals surface area contributed by atoms with E-state index in [0.717, 1.165) is 0 Å². The molecule has 92 valence electrons. The molecule has 0 aliphatic heterocycles. The molecule has 0 aliphatic carbocycles. The second-order valence-corrected chi connectivity index (χ2v) is 2.79. The third-order valence-corrected chi connectivity index (χ3v) is 1.09. The molecule has 0 spiro atoms. The molecule has 0 atom stereocenters. The molecule has 0 N–H and O–H groups in total. The quantitative estimate of drug-likeness (QED) is 0.389. The molecule has 0 aliphatic rings. The van der Waals surface area contributed by atoms with Crippen LogP contribution in [0.2, 0.25) is 0 Å². The van der Waals surface area contributed by atoms with Crippen molar-refractivity contribution in [1.82, 2.24) is 0 Å². The first-order valence-electron chi connectivity index (χ1n) is 4.60. The molecule has 0 saturated carbocycles. The molecule has 0 unspecified atom stereocenters. The SMILES string of the molecule is C=C(C)/C(=C\C=C/C)OC(F)(F)F.C=CC. The Kier molecular flexibility index (Phi) is 9.36. The Bertz CT molecular complexity index is 272. The maximum absolute atomic E-state index is 11.8. The maximum atomic E-state index is 11.8. The largest absolute Gasteiger partial charge is 0.573 e. The van der Waals surface area contributed by atoms with Crippen LogP contribution in [0.1, 0.15) is 20.8 Å². The van der Waals surface area contributed by atoms with E-state index in [0.29, 0.717) is 0 Å². The molecule has 0 radical (unpaired) electrons. The summed E-state index contributed by atoms with van der Waals surface area (Å²) in [6, 6.07) is 0. The van der Waals surface area contributed by atoms with Gasteiger partial charge in [0.1, 0.15) is 5.76 Å². The van der Waals surface area contributed by atoms with Crippen molar-refractivity contribution < 1.29 is 17.9 Å². The van der Waals surface area contributed by atoms with E-state index in [1.807, 2.05) is 6.92 Å². The zero-order valence-electron chi connectivity index (χ0n) is 9.77. The number of ether oxygens (including phenoxy) is 1. The van der Waals surface area contributed by atoms with Crippen LogP contribution in [0.25, 0.3) is 0 Å². The Morgan fingerprint density at radius 2 is 1.69 bits per heavy atom. The molecule has 0 saturated heterocycles. The Morgan fingerprint density at radius 3 is 1.94 bits per heavy atom. The lowest BCUT2D eigenvalue weighted by atomic mass is 10.2. The Labute approximate surface area is 94.6 Å². The number of hydrogen-bond donors (Lipinski definition) is 0. The monoisotopic (exact) mass is 234 g/mol. The second kappa shape index (κ2) is 8.83. The van der Waals surface area contributed by atoms with Crippen LogP contribution in [0.3, 0.4) is 0 Å². The van der Waals surface area contributed by atoms with Crippen LogP contribution in [-0.4, -0.2) is 6.36 Å². The van der Waals surface area contributed by atoms with Crippen molar-refractivity contribution in [1.29, 1.82) is 0 Å². The van der Waals surface area contributed by atoms with Gasteiger partial charge in [0.25, 0.3) is 0 Å². The second-order valence-electron chi connectivity index (χ2n) is 2.79. The van der Waals surface area contributed by atoms with Gasteiger partial charge < -0.3 is 4.74 Å². The Hall–Kier alpha value is -1.45. The fourth-order valence-electron chi connectivity index (χ4n) is 0.572. The topological polar surface area (TPSA) is 9.23 Å². The van der Waals surface area contributed by atoms with Gasteiger partial charge >= 0.3 is 6.36 Å². The minimum Gasteiger partial charge on any atom is -0.406 e. The van der Waals surface area contributed by atoms with Crippen LogP contribution in [0, 0.1) is 0 Å². The Morgan fingerprint density at radius 1 is 1.25 bits per heavy atom. The summed E-state index contributed by atoms with van der Waals surface area (Å²) in [5, 5.41) is 0. The lowest BCUT2D eigenvalue weighted by molar-refractivity contribution is -0.303. The molecule has 0 heterocycles. The molecule has 0 aromatic heterocycles. The number of rotatable bonds is 3. The van der Waals surface area contributed by atoms with E-state index in [1.54, 1.807) is 19.1 Å². The van der Waals surface area contributed by atoms with Gasteiger partial charge in [-0.1, -0.05) is 24.8 Å². The average Bonchev–Trinajstić information content (AvgIpc) is 2.11. The van der Waals surface area contributed by atoms with Gasteiger partial charge in [0.2, 0.25) is 0 Å². The van der Waals surface area contributed by atoms with Gasteiger partial charge in [-0.05, 0) is 32.4 Å². The van der Waals surface area contributed by atoms with Crippen molar-refractivity contribution in [3.8, 4) is 0 Å². The van der Waals surface area contributed by atoms with Crippen molar-refractivity contribution >= 4 is 0 Å². The molecule has 4 heteroatoms. The Balaban J connectivity index is 0. The van der Waals surface area contributed by atoms with Crippen molar-refractivity contribution in [2.24, 2.45) is 0 Å². The highest BCUT2D eigenvalue weighted by Gasteiger charge is 2.31. The summed E-state index contributed by atoms with van der Waals surface area (Å²) in [4.78, 5) is 0. The number of halogens is 3. The van der Waals surface area contributed by atoms with Gasteiger partial charge in [-0.25, -0.2) is 0 Å². The van der Waals surface area contributed by atoms with Gasteiger partial charge in [0.05, 0.1) is 0 Å². The van der Waals surface area contributed by atoms with Crippen LogP contribution < -0.4 is 0 Å². The average molecular weight is 234 g/mol. The zero-order chi connectivity index (χ0) is 13.2. The minimum absolute atomic E-state index is 0.232. The van der Waals surface area contributed by atoms with Gasteiger partial charge in [0, 0.05) is 0 Å². The third-order valence-electron chi connectivity index (χ3n) is 1.09. The van der Waals surface area contributed by atoms with Crippen LogP contribution in [0.15, 0.2) is 48.8 Å². The first-order chi connectivity index (χ1) is 7.28. The van der Waals surface area contributed by atoms with Gasteiger partial charge in [0.15, 0.2) is 0 Å². The van der Waals surface area contributed by atoms with E-state index in [9.17, 15) is 13.2 Å². The summed E-state index contributed by atoms with van der Waals surface area (Å²) in [6.45, 7) is 11.8. The molecule has 16 heavy (non-hydrogen) atoms. The lowest BCUT2D eigenvalue weighted by Gasteiger charge is -2.11. The van der Waals surface area contributed by atoms with Gasteiger partial charge in [-0.15, -0.1) is 19.8 Å². The summed E-state index contributed by atoms with van der Waals surface area (Å²) in [5.74, 6) is -0.273. The highest BCUT2D eigenvalue weighted by Crippen LogP contribution is 2.23.